The molecule has 1 N–H and O–H groups in total. The lowest BCUT2D eigenvalue weighted by atomic mass is 10.2. The number of hydrogen-bond donors (Lipinski definition) is 1. The van der Waals surface area contributed by atoms with Crippen molar-refractivity contribution in [1.82, 2.24) is 0 Å². The number of carbonyl (C=O) groups is 1. The molecule has 0 saturated heterocycles. The van der Waals surface area contributed by atoms with E-state index in [9.17, 15) is 4.79 Å². The largest absolute Gasteiger partial charge is 0.479 e. The minimum Gasteiger partial charge on any atom is -0.479 e. The average molecular weight is 417 g/mol. The molecule has 0 saturated carbocycles. The molecule has 2 rings (SSSR count). The van der Waals surface area contributed by atoms with Crippen molar-refractivity contribution >= 4 is 24.7 Å². The van der Waals surface area contributed by atoms with E-state index in [1.165, 1.54) is 17.3 Å². The zero-order chi connectivity index (χ0) is 21.3. The van der Waals surface area contributed by atoms with Crippen LogP contribution in [0.5, 0.6) is 0 Å². The summed E-state index contributed by atoms with van der Waals surface area (Å²) in [4.78, 5) is 10.8. The fourth-order valence-corrected chi connectivity index (χ4v) is 8.02. The van der Waals surface area contributed by atoms with Gasteiger partial charge in [0.2, 0.25) is 0 Å². The molecule has 1 unspecified atom stereocenters. The highest BCUT2D eigenvalue weighted by atomic mass is 28.4. The zero-order valence-corrected chi connectivity index (χ0v) is 18.8. The van der Waals surface area contributed by atoms with Crippen LogP contribution in [0.1, 0.15) is 27.7 Å². The van der Waals surface area contributed by atoms with Gasteiger partial charge < -0.3 is 19.0 Å². The molecule has 29 heavy (non-hydrogen) atoms. The highest BCUT2D eigenvalue weighted by molar-refractivity contribution is 6.99. The summed E-state index contributed by atoms with van der Waals surface area (Å²) < 4.78 is 17.5. The van der Waals surface area contributed by atoms with Crippen LogP contribution in [-0.4, -0.2) is 51.9 Å². The molecule has 0 aliphatic heterocycles. The minimum atomic E-state index is -2.54. The van der Waals surface area contributed by atoms with E-state index in [0.717, 1.165) is 0 Å². The Hall–Kier alpha value is -1.99. The molecule has 158 valence electrons. The van der Waals surface area contributed by atoms with E-state index in [1.54, 1.807) is 0 Å². The van der Waals surface area contributed by atoms with Gasteiger partial charge in [-0.3, -0.25) is 0 Å². The van der Waals surface area contributed by atoms with Crippen LogP contribution in [0.2, 0.25) is 5.04 Å². The third-order valence-electron chi connectivity index (χ3n) is 4.91. The van der Waals surface area contributed by atoms with Crippen LogP contribution < -0.4 is 10.4 Å². The summed E-state index contributed by atoms with van der Waals surface area (Å²) in [5.41, 5.74) is 0. The van der Waals surface area contributed by atoms with Gasteiger partial charge in [-0.15, -0.1) is 0 Å². The Labute approximate surface area is 174 Å². The molecule has 5 nitrogen and oxygen atoms in total. The smallest absolute Gasteiger partial charge is 0.332 e. The predicted octanol–water partition coefficient (Wildman–Crippen LogP) is 3.07. The molecule has 2 aromatic rings. The van der Waals surface area contributed by atoms with Crippen LogP contribution in [0.25, 0.3) is 0 Å². The van der Waals surface area contributed by atoms with E-state index < -0.39 is 20.4 Å². The van der Waals surface area contributed by atoms with Gasteiger partial charge in [0.1, 0.15) is 0 Å². The molecule has 0 aliphatic rings. The Morgan fingerprint density at radius 2 is 1.38 bits per heavy atom. The van der Waals surface area contributed by atoms with Gasteiger partial charge in [0.15, 0.2) is 6.10 Å². The van der Waals surface area contributed by atoms with Gasteiger partial charge >= 0.3 is 5.97 Å². The molecular weight excluding hydrogens is 384 g/mol. The maximum Gasteiger partial charge on any atom is 0.332 e. The van der Waals surface area contributed by atoms with E-state index in [0.29, 0.717) is 19.8 Å². The molecule has 0 heterocycles. The second-order valence-electron chi connectivity index (χ2n) is 7.98. The van der Waals surface area contributed by atoms with Crippen molar-refractivity contribution in [3.8, 4) is 0 Å². The SMILES string of the molecule is CC(OCCOCCO[Si](c1ccccc1)(c1ccccc1)C(C)(C)C)C(=O)O. The summed E-state index contributed by atoms with van der Waals surface area (Å²) in [7, 11) is -2.54. The van der Waals surface area contributed by atoms with Gasteiger partial charge in [-0.2, -0.15) is 0 Å². The van der Waals surface area contributed by atoms with E-state index in [2.05, 4.69) is 69.3 Å². The van der Waals surface area contributed by atoms with Crippen molar-refractivity contribution in [3.05, 3.63) is 60.7 Å². The number of carboxylic acids is 1. The van der Waals surface area contributed by atoms with Crippen LogP contribution in [0, 0.1) is 0 Å². The molecule has 0 fully saturated rings. The van der Waals surface area contributed by atoms with Crippen LogP contribution in [0.4, 0.5) is 0 Å². The summed E-state index contributed by atoms with van der Waals surface area (Å²) in [5.74, 6) is -0.972. The molecule has 0 radical (unpaired) electrons. The lowest BCUT2D eigenvalue weighted by Crippen LogP contribution is -2.66. The molecule has 0 aromatic heterocycles. The Morgan fingerprint density at radius 3 is 1.83 bits per heavy atom. The van der Waals surface area contributed by atoms with Crippen LogP contribution in [0.15, 0.2) is 60.7 Å². The van der Waals surface area contributed by atoms with Crippen molar-refractivity contribution < 1.29 is 23.8 Å². The molecule has 0 bridgehead atoms. The monoisotopic (exact) mass is 416 g/mol. The van der Waals surface area contributed by atoms with Gasteiger partial charge in [-0.25, -0.2) is 4.79 Å². The average Bonchev–Trinajstić information content (AvgIpc) is 2.70. The summed E-state index contributed by atoms with van der Waals surface area (Å²) >= 11 is 0. The second kappa shape index (κ2) is 10.7. The second-order valence-corrected chi connectivity index (χ2v) is 12.3. The van der Waals surface area contributed by atoms with Gasteiger partial charge in [0.25, 0.3) is 8.32 Å². The Balaban J connectivity index is 2.08. The highest BCUT2D eigenvalue weighted by Crippen LogP contribution is 2.36. The Kier molecular flexibility index (Phi) is 8.58. The quantitative estimate of drug-likeness (QED) is 0.450. The fourth-order valence-electron chi connectivity index (χ4n) is 3.47. The van der Waals surface area contributed by atoms with E-state index in [-0.39, 0.29) is 11.6 Å². The molecule has 0 aliphatic carbocycles. The molecule has 0 amide bonds. The Bertz CT molecular complexity index is 703. The lowest BCUT2D eigenvalue weighted by Gasteiger charge is -2.43. The number of aliphatic carboxylic acids is 1. The highest BCUT2D eigenvalue weighted by Gasteiger charge is 2.49. The van der Waals surface area contributed by atoms with Gasteiger partial charge in [-0.1, -0.05) is 81.4 Å². The summed E-state index contributed by atoms with van der Waals surface area (Å²) in [6.07, 6.45) is -0.827. The van der Waals surface area contributed by atoms with E-state index >= 15 is 0 Å². The standard InChI is InChI=1S/C23H32O5Si/c1-19(22(24)25)27-17-15-26-16-18-28-29(23(2,3)4,20-11-7-5-8-12-20)21-13-9-6-10-14-21/h5-14,19H,15-18H2,1-4H3,(H,24,25). The van der Waals surface area contributed by atoms with Crippen molar-refractivity contribution in [2.45, 2.75) is 38.8 Å². The van der Waals surface area contributed by atoms with Gasteiger partial charge in [0.05, 0.1) is 26.4 Å². The van der Waals surface area contributed by atoms with Crippen molar-refractivity contribution in [2.75, 3.05) is 26.4 Å². The molecule has 6 heteroatoms. The van der Waals surface area contributed by atoms with Gasteiger partial charge in [-0.05, 0) is 22.3 Å². The van der Waals surface area contributed by atoms with Crippen molar-refractivity contribution in [1.29, 1.82) is 0 Å². The predicted molar refractivity (Wildman–Crippen MR) is 117 cm³/mol. The van der Waals surface area contributed by atoms with E-state index in [4.69, 9.17) is 19.0 Å². The van der Waals surface area contributed by atoms with Crippen molar-refractivity contribution in [3.63, 3.8) is 0 Å². The topological polar surface area (TPSA) is 65.0 Å². The first-order valence-electron chi connectivity index (χ1n) is 9.96. The number of ether oxygens (including phenoxy) is 2. The van der Waals surface area contributed by atoms with E-state index in [1.807, 2.05) is 12.1 Å². The summed E-state index contributed by atoms with van der Waals surface area (Å²) in [6, 6.07) is 20.9. The third kappa shape index (κ3) is 5.99. The molecule has 0 spiro atoms. The number of benzene rings is 2. The third-order valence-corrected chi connectivity index (χ3v) is 9.95. The molecule has 1 atom stereocenters. The number of rotatable bonds is 11. The first kappa shape index (κ1) is 23.3. The van der Waals surface area contributed by atoms with Crippen LogP contribution in [-0.2, 0) is 18.7 Å². The Morgan fingerprint density at radius 1 is 0.897 bits per heavy atom. The zero-order valence-electron chi connectivity index (χ0n) is 17.8. The minimum absolute atomic E-state index is 0.0737. The maximum absolute atomic E-state index is 10.8. The van der Waals surface area contributed by atoms with Crippen LogP contribution >= 0.6 is 0 Å². The van der Waals surface area contributed by atoms with Crippen molar-refractivity contribution in [2.24, 2.45) is 0 Å². The summed E-state index contributed by atoms with van der Waals surface area (Å²) in [5, 5.41) is 11.2. The van der Waals surface area contributed by atoms with Gasteiger partial charge in [0, 0.05) is 0 Å². The molecule has 2 aromatic carbocycles. The maximum atomic E-state index is 10.8. The normalized spacial score (nSPS) is 13.2. The fraction of sp³-hybridized carbons (Fsp3) is 0.435. The first-order chi connectivity index (χ1) is 13.8. The first-order valence-corrected chi connectivity index (χ1v) is 11.9. The number of hydrogen-bond acceptors (Lipinski definition) is 4. The lowest BCUT2D eigenvalue weighted by molar-refractivity contribution is -0.150. The summed E-state index contributed by atoms with van der Waals surface area (Å²) in [6.45, 7) is 9.68. The molecular formula is C23H32O5Si. The number of carboxylic acid groups (broad SMARTS) is 1. The van der Waals surface area contributed by atoms with Crippen LogP contribution in [0.3, 0.4) is 0 Å².